The average molecular weight is 217 g/mol. The molecule has 0 aliphatic rings. The van der Waals surface area contributed by atoms with E-state index in [1.807, 2.05) is 18.4 Å². The molecule has 15 heavy (non-hydrogen) atoms. The highest BCUT2D eigenvalue weighted by molar-refractivity contribution is 7.16. The van der Waals surface area contributed by atoms with Gasteiger partial charge in [-0.15, -0.1) is 11.3 Å². The zero-order valence-corrected chi connectivity index (χ0v) is 9.90. The van der Waals surface area contributed by atoms with Crippen LogP contribution in [0.1, 0.15) is 11.8 Å². The first-order valence-corrected chi connectivity index (χ1v) is 6.02. The summed E-state index contributed by atoms with van der Waals surface area (Å²) in [5, 5.41) is 3.25. The van der Waals surface area contributed by atoms with Gasteiger partial charge in [-0.05, 0) is 18.1 Å². The molecule has 0 saturated heterocycles. The third-order valence-corrected chi connectivity index (χ3v) is 3.79. The molecule has 0 atom stereocenters. The van der Waals surface area contributed by atoms with Crippen molar-refractivity contribution in [3.05, 3.63) is 41.3 Å². The number of hydrogen-bond donors (Lipinski definition) is 1. The van der Waals surface area contributed by atoms with Gasteiger partial charge < -0.3 is 5.32 Å². The van der Waals surface area contributed by atoms with Crippen LogP contribution in [0.5, 0.6) is 0 Å². The van der Waals surface area contributed by atoms with E-state index in [0.29, 0.717) is 0 Å². The fraction of sp³-hybridized carbons (Fsp3) is 0.231. The highest BCUT2D eigenvalue weighted by Gasteiger charge is 2.07. The maximum atomic E-state index is 3.25. The van der Waals surface area contributed by atoms with Crippen molar-refractivity contribution >= 4 is 17.0 Å². The summed E-state index contributed by atoms with van der Waals surface area (Å²) in [4.78, 5) is 2.77. The average Bonchev–Trinajstić information content (AvgIpc) is 2.73. The quantitative estimate of drug-likeness (QED) is 0.818. The number of thiophene rings is 1. The van der Waals surface area contributed by atoms with Crippen molar-refractivity contribution in [2.75, 3.05) is 12.4 Å². The molecule has 0 saturated carbocycles. The standard InChI is InChI=1S/C13H15NS/c1-3-12-11(14-2)9-13(15-12)10-7-5-4-6-8-10/h4-9,14H,3H2,1-2H3. The first-order chi connectivity index (χ1) is 7.35. The Morgan fingerprint density at radius 1 is 1.20 bits per heavy atom. The lowest BCUT2D eigenvalue weighted by Crippen LogP contribution is -1.87. The summed E-state index contributed by atoms with van der Waals surface area (Å²) in [6.45, 7) is 2.20. The Morgan fingerprint density at radius 2 is 1.93 bits per heavy atom. The number of nitrogens with one attached hydrogen (secondary N) is 1. The van der Waals surface area contributed by atoms with Crippen LogP contribution < -0.4 is 5.32 Å². The van der Waals surface area contributed by atoms with Crippen molar-refractivity contribution in [2.24, 2.45) is 0 Å². The minimum Gasteiger partial charge on any atom is -0.387 e. The molecule has 0 bridgehead atoms. The smallest absolute Gasteiger partial charge is 0.0485 e. The molecule has 1 aromatic heterocycles. The van der Waals surface area contributed by atoms with Gasteiger partial charge in [-0.2, -0.15) is 0 Å². The normalized spacial score (nSPS) is 10.3. The highest BCUT2D eigenvalue weighted by Crippen LogP contribution is 2.34. The van der Waals surface area contributed by atoms with E-state index in [4.69, 9.17) is 0 Å². The molecule has 0 fully saturated rings. The Kier molecular flexibility index (Phi) is 3.07. The van der Waals surface area contributed by atoms with Gasteiger partial charge in [0.25, 0.3) is 0 Å². The monoisotopic (exact) mass is 217 g/mol. The molecule has 0 amide bonds. The number of rotatable bonds is 3. The van der Waals surface area contributed by atoms with Crippen LogP contribution in [0.15, 0.2) is 36.4 Å². The fourth-order valence-corrected chi connectivity index (χ4v) is 2.76. The molecule has 1 aromatic carbocycles. The van der Waals surface area contributed by atoms with Crippen molar-refractivity contribution in [3.8, 4) is 10.4 Å². The summed E-state index contributed by atoms with van der Waals surface area (Å²) in [6.07, 6.45) is 1.09. The summed E-state index contributed by atoms with van der Waals surface area (Å²) in [7, 11) is 1.98. The van der Waals surface area contributed by atoms with Gasteiger partial charge >= 0.3 is 0 Å². The third kappa shape index (κ3) is 2.05. The fourth-order valence-electron chi connectivity index (χ4n) is 1.65. The van der Waals surface area contributed by atoms with E-state index in [9.17, 15) is 0 Å². The molecular weight excluding hydrogens is 202 g/mol. The first-order valence-electron chi connectivity index (χ1n) is 5.21. The van der Waals surface area contributed by atoms with Crippen LogP contribution in [0.25, 0.3) is 10.4 Å². The number of benzene rings is 1. The second-order valence-electron chi connectivity index (χ2n) is 3.42. The number of aryl methyl sites for hydroxylation is 1. The summed E-state index contributed by atoms with van der Waals surface area (Å²) >= 11 is 1.87. The van der Waals surface area contributed by atoms with E-state index < -0.39 is 0 Å². The molecule has 2 rings (SSSR count). The molecule has 0 aliphatic heterocycles. The molecule has 0 aliphatic carbocycles. The summed E-state index contributed by atoms with van der Waals surface area (Å²) in [5.74, 6) is 0. The van der Waals surface area contributed by atoms with Crippen molar-refractivity contribution in [3.63, 3.8) is 0 Å². The second-order valence-corrected chi connectivity index (χ2v) is 4.55. The van der Waals surface area contributed by atoms with E-state index in [0.717, 1.165) is 6.42 Å². The largest absolute Gasteiger partial charge is 0.387 e. The Labute approximate surface area is 94.8 Å². The van der Waals surface area contributed by atoms with Gasteiger partial charge in [-0.1, -0.05) is 37.3 Å². The highest BCUT2D eigenvalue weighted by atomic mass is 32.1. The Bertz CT molecular complexity index is 410. The molecule has 78 valence electrons. The maximum absolute atomic E-state index is 3.25. The van der Waals surface area contributed by atoms with Crippen molar-refractivity contribution < 1.29 is 0 Å². The van der Waals surface area contributed by atoms with Crippen LogP contribution >= 0.6 is 11.3 Å². The van der Waals surface area contributed by atoms with Gasteiger partial charge in [-0.3, -0.25) is 0 Å². The lowest BCUT2D eigenvalue weighted by atomic mass is 10.2. The molecule has 2 heteroatoms. The van der Waals surface area contributed by atoms with Crippen molar-refractivity contribution in [1.29, 1.82) is 0 Å². The summed E-state index contributed by atoms with van der Waals surface area (Å²) in [6, 6.07) is 12.8. The maximum Gasteiger partial charge on any atom is 0.0485 e. The topological polar surface area (TPSA) is 12.0 Å². The molecule has 0 unspecified atom stereocenters. The van der Waals surface area contributed by atoms with Gasteiger partial charge in [0, 0.05) is 22.5 Å². The minimum atomic E-state index is 1.09. The van der Waals surface area contributed by atoms with Crippen LogP contribution in [-0.4, -0.2) is 7.05 Å². The summed E-state index contributed by atoms with van der Waals surface area (Å²) in [5.41, 5.74) is 2.57. The van der Waals surface area contributed by atoms with Crippen LogP contribution in [0.2, 0.25) is 0 Å². The third-order valence-electron chi connectivity index (χ3n) is 2.46. The lowest BCUT2D eigenvalue weighted by molar-refractivity contribution is 1.18. The van der Waals surface area contributed by atoms with Gasteiger partial charge in [0.05, 0.1) is 0 Å². The number of anilines is 1. The van der Waals surface area contributed by atoms with Crippen molar-refractivity contribution in [1.82, 2.24) is 0 Å². The molecule has 1 heterocycles. The zero-order valence-electron chi connectivity index (χ0n) is 9.08. The zero-order chi connectivity index (χ0) is 10.7. The lowest BCUT2D eigenvalue weighted by Gasteiger charge is -1.96. The predicted molar refractivity (Wildman–Crippen MR) is 68.7 cm³/mol. The van der Waals surface area contributed by atoms with Crippen LogP contribution in [0, 0.1) is 0 Å². The Morgan fingerprint density at radius 3 is 2.47 bits per heavy atom. The van der Waals surface area contributed by atoms with E-state index in [1.54, 1.807) is 0 Å². The van der Waals surface area contributed by atoms with E-state index >= 15 is 0 Å². The molecule has 0 radical (unpaired) electrons. The van der Waals surface area contributed by atoms with Crippen LogP contribution in [0.3, 0.4) is 0 Å². The van der Waals surface area contributed by atoms with E-state index in [-0.39, 0.29) is 0 Å². The van der Waals surface area contributed by atoms with Gasteiger partial charge in [0.2, 0.25) is 0 Å². The minimum absolute atomic E-state index is 1.09. The van der Waals surface area contributed by atoms with E-state index in [2.05, 4.69) is 48.6 Å². The molecular formula is C13H15NS. The SMILES string of the molecule is CCc1sc(-c2ccccc2)cc1NC. The van der Waals surface area contributed by atoms with Gasteiger partial charge in [0.15, 0.2) is 0 Å². The molecule has 0 spiro atoms. The van der Waals surface area contributed by atoms with Gasteiger partial charge in [0.1, 0.15) is 0 Å². The molecule has 1 nitrogen and oxygen atoms in total. The number of hydrogen-bond acceptors (Lipinski definition) is 2. The Balaban J connectivity index is 2.42. The predicted octanol–water partition coefficient (Wildman–Crippen LogP) is 4.02. The van der Waals surface area contributed by atoms with E-state index in [1.165, 1.54) is 21.0 Å². The molecule has 1 N–H and O–H groups in total. The first kappa shape index (κ1) is 10.2. The molecule has 2 aromatic rings. The Hall–Kier alpha value is -1.28. The summed E-state index contributed by atoms with van der Waals surface area (Å²) < 4.78 is 0. The van der Waals surface area contributed by atoms with Crippen molar-refractivity contribution in [2.45, 2.75) is 13.3 Å². The van der Waals surface area contributed by atoms with Crippen LogP contribution in [-0.2, 0) is 6.42 Å². The van der Waals surface area contributed by atoms with Crippen LogP contribution in [0.4, 0.5) is 5.69 Å². The van der Waals surface area contributed by atoms with Gasteiger partial charge in [-0.25, -0.2) is 0 Å². The second kappa shape index (κ2) is 4.49.